The molecular formula is C10H10BrN3S. The van der Waals surface area contributed by atoms with Crippen molar-refractivity contribution in [3.63, 3.8) is 0 Å². The Morgan fingerprint density at radius 2 is 2.13 bits per heavy atom. The van der Waals surface area contributed by atoms with Gasteiger partial charge in [-0.2, -0.15) is 0 Å². The molecule has 0 saturated heterocycles. The summed E-state index contributed by atoms with van der Waals surface area (Å²) in [7, 11) is 1.97. The molecule has 78 valence electrons. The van der Waals surface area contributed by atoms with Crippen LogP contribution in [0.1, 0.15) is 5.56 Å². The van der Waals surface area contributed by atoms with E-state index < -0.39 is 0 Å². The number of rotatable bonds is 2. The third-order valence-corrected chi connectivity index (χ3v) is 4.36. The van der Waals surface area contributed by atoms with E-state index in [4.69, 9.17) is 0 Å². The summed E-state index contributed by atoms with van der Waals surface area (Å²) in [6.07, 6.45) is 5.52. The first-order valence-corrected chi connectivity index (χ1v) is 6.05. The van der Waals surface area contributed by atoms with E-state index in [2.05, 4.69) is 25.9 Å². The third-order valence-electron chi connectivity index (χ3n) is 2.02. The Morgan fingerprint density at radius 1 is 1.33 bits per heavy atom. The normalized spacial score (nSPS) is 10.6. The van der Waals surface area contributed by atoms with E-state index in [1.54, 1.807) is 18.0 Å². The molecule has 2 rings (SSSR count). The molecule has 3 nitrogen and oxygen atoms in total. The molecule has 2 heterocycles. The quantitative estimate of drug-likeness (QED) is 0.849. The average molecular weight is 284 g/mol. The van der Waals surface area contributed by atoms with Gasteiger partial charge in [-0.3, -0.25) is 0 Å². The van der Waals surface area contributed by atoms with Gasteiger partial charge in [0.2, 0.25) is 0 Å². The van der Waals surface area contributed by atoms with Crippen LogP contribution in [-0.4, -0.2) is 14.5 Å². The van der Waals surface area contributed by atoms with Gasteiger partial charge in [0.15, 0.2) is 5.16 Å². The van der Waals surface area contributed by atoms with Gasteiger partial charge < -0.3 is 4.57 Å². The van der Waals surface area contributed by atoms with Gasteiger partial charge in [0.05, 0.1) is 4.47 Å². The lowest BCUT2D eigenvalue weighted by Crippen LogP contribution is -1.91. The van der Waals surface area contributed by atoms with Crippen LogP contribution in [0.2, 0.25) is 0 Å². The highest BCUT2D eigenvalue weighted by Crippen LogP contribution is 2.31. The molecule has 0 bridgehead atoms. The monoisotopic (exact) mass is 283 g/mol. The van der Waals surface area contributed by atoms with Gasteiger partial charge >= 0.3 is 0 Å². The van der Waals surface area contributed by atoms with Crippen molar-refractivity contribution >= 4 is 27.7 Å². The van der Waals surface area contributed by atoms with E-state index in [1.807, 2.05) is 37.0 Å². The van der Waals surface area contributed by atoms with E-state index in [-0.39, 0.29) is 0 Å². The summed E-state index contributed by atoms with van der Waals surface area (Å²) in [6.45, 7) is 2.05. The Labute approximate surface area is 101 Å². The molecule has 0 saturated carbocycles. The van der Waals surface area contributed by atoms with Crippen molar-refractivity contribution in [1.29, 1.82) is 0 Å². The zero-order chi connectivity index (χ0) is 10.8. The summed E-state index contributed by atoms with van der Waals surface area (Å²) in [6, 6.07) is 1.98. The third kappa shape index (κ3) is 2.23. The molecule has 2 aromatic rings. The van der Waals surface area contributed by atoms with Crippen molar-refractivity contribution in [3.8, 4) is 0 Å². The number of hydrogen-bond acceptors (Lipinski definition) is 3. The smallest absolute Gasteiger partial charge is 0.174 e. The second-order valence-electron chi connectivity index (χ2n) is 3.17. The number of imidazole rings is 1. The number of pyridine rings is 1. The predicted octanol–water partition coefficient (Wildman–Crippen LogP) is 3.04. The van der Waals surface area contributed by atoms with Gasteiger partial charge in [-0.25, -0.2) is 9.97 Å². The number of halogens is 1. The number of aryl methyl sites for hydroxylation is 2. The zero-order valence-electron chi connectivity index (χ0n) is 8.44. The van der Waals surface area contributed by atoms with E-state index in [1.165, 1.54) is 5.56 Å². The standard InChI is InChI=1S/C10H10BrN3S/c1-7-3-4-12-9(8(7)11)15-10-13-5-6-14(10)2/h3-6H,1-2H3. The lowest BCUT2D eigenvalue weighted by Gasteiger charge is -2.04. The predicted molar refractivity (Wildman–Crippen MR) is 64.0 cm³/mol. The fourth-order valence-corrected chi connectivity index (χ4v) is 2.46. The van der Waals surface area contributed by atoms with Gasteiger partial charge in [0.1, 0.15) is 5.03 Å². The van der Waals surface area contributed by atoms with Gasteiger partial charge in [-0.05, 0) is 46.2 Å². The lowest BCUT2D eigenvalue weighted by molar-refractivity contribution is 0.788. The molecule has 0 radical (unpaired) electrons. The van der Waals surface area contributed by atoms with E-state index >= 15 is 0 Å². The minimum atomic E-state index is 0.939. The minimum absolute atomic E-state index is 0.939. The van der Waals surface area contributed by atoms with Gasteiger partial charge in [-0.1, -0.05) is 0 Å². The van der Waals surface area contributed by atoms with Crippen LogP contribution in [0.5, 0.6) is 0 Å². The van der Waals surface area contributed by atoms with E-state index in [0.29, 0.717) is 0 Å². The van der Waals surface area contributed by atoms with Crippen LogP contribution >= 0.6 is 27.7 Å². The van der Waals surface area contributed by atoms with Crippen LogP contribution in [-0.2, 0) is 7.05 Å². The topological polar surface area (TPSA) is 30.7 Å². The summed E-state index contributed by atoms with van der Waals surface area (Å²) < 4.78 is 3.01. The maximum atomic E-state index is 4.32. The van der Waals surface area contributed by atoms with Crippen molar-refractivity contribution in [2.75, 3.05) is 0 Å². The lowest BCUT2D eigenvalue weighted by atomic mass is 10.3. The first-order valence-electron chi connectivity index (χ1n) is 4.45. The average Bonchev–Trinajstić information content (AvgIpc) is 2.60. The van der Waals surface area contributed by atoms with E-state index in [9.17, 15) is 0 Å². The fourth-order valence-electron chi connectivity index (χ4n) is 1.12. The molecule has 0 spiro atoms. The van der Waals surface area contributed by atoms with Crippen molar-refractivity contribution in [3.05, 3.63) is 34.7 Å². The van der Waals surface area contributed by atoms with Crippen LogP contribution in [0.15, 0.2) is 39.3 Å². The Kier molecular flexibility index (Phi) is 3.11. The van der Waals surface area contributed by atoms with E-state index in [0.717, 1.165) is 14.7 Å². The Hall–Kier alpha value is -0.810. The summed E-state index contributed by atoms with van der Waals surface area (Å²) in [4.78, 5) is 8.56. The number of nitrogens with zero attached hydrogens (tertiary/aromatic N) is 3. The molecule has 0 unspecified atom stereocenters. The fraction of sp³-hybridized carbons (Fsp3) is 0.200. The molecule has 0 atom stereocenters. The zero-order valence-corrected chi connectivity index (χ0v) is 10.8. The Morgan fingerprint density at radius 3 is 2.80 bits per heavy atom. The Balaban J connectivity index is 2.33. The maximum Gasteiger partial charge on any atom is 0.174 e. The van der Waals surface area contributed by atoms with Gasteiger partial charge in [0.25, 0.3) is 0 Å². The Bertz CT molecular complexity index is 481. The van der Waals surface area contributed by atoms with Crippen LogP contribution < -0.4 is 0 Å². The molecule has 0 N–H and O–H groups in total. The first kappa shape index (κ1) is 10.7. The number of hydrogen-bond donors (Lipinski definition) is 0. The van der Waals surface area contributed by atoms with Crippen molar-refractivity contribution in [2.45, 2.75) is 17.1 Å². The molecule has 0 amide bonds. The minimum Gasteiger partial charge on any atom is -0.329 e. The van der Waals surface area contributed by atoms with Gasteiger partial charge in [-0.15, -0.1) is 0 Å². The largest absolute Gasteiger partial charge is 0.329 e. The molecule has 0 aliphatic heterocycles. The second-order valence-corrected chi connectivity index (χ2v) is 4.92. The second kappa shape index (κ2) is 4.37. The highest BCUT2D eigenvalue weighted by atomic mass is 79.9. The molecule has 5 heteroatoms. The van der Waals surface area contributed by atoms with Gasteiger partial charge in [0, 0.05) is 25.6 Å². The molecule has 2 aromatic heterocycles. The highest BCUT2D eigenvalue weighted by molar-refractivity contribution is 9.10. The molecule has 0 aliphatic carbocycles. The maximum absolute atomic E-state index is 4.32. The first-order chi connectivity index (χ1) is 7.18. The SMILES string of the molecule is Cc1ccnc(Sc2nccn2C)c1Br. The van der Waals surface area contributed by atoms with Crippen molar-refractivity contribution < 1.29 is 0 Å². The van der Waals surface area contributed by atoms with Crippen LogP contribution in [0.4, 0.5) is 0 Å². The molecule has 0 aliphatic rings. The summed E-state index contributed by atoms with van der Waals surface area (Å²) in [5, 5.41) is 1.89. The van der Waals surface area contributed by atoms with Crippen LogP contribution in [0, 0.1) is 6.92 Å². The highest BCUT2D eigenvalue weighted by Gasteiger charge is 2.08. The van der Waals surface area contributed by atoms with Crippen molar-refractivity contribution in [1.82, 2.24) is 14.5 Å². The summed E-state index contributed by atoms with van der Waals surface area (Å²) >= 11 is 5.09. The number of aromatic nitrogens is 3. The molecule has 0 aromatic carbocycles. The summed E-state index contributed by atoms with van der Waals surface area (Å²) in [5.41, 5.74) is 1.18. The molecule has 15 heavy (non-hydrogen) atoms. The molecular weight excluding hydrogens is 274 g/mol. The van der Waals surface area contributed by atoms with Crippen molar-refractivity contribution in [2.24, 2.45) is 7.05 Å². The summed E-state index contributed by atoms with van der Waals surface area (Å²) in [5.74, 6) is 0. The van der Waals surface area contributed by atoms with Crippen LogP contribution in [0.3, 0.4) is 0 Å². The van der Waals surface area contributed by atoms with Crippen LogP contribution in [0.25, 0.3) is 0 Å². The molecule has 0 fully saturated rings.